The number of benzene rings is 1. The van der Waals surface area contributed by atoms with Gasteiger partial charge in [0.1, 0.15) is 17.6 Å². The second-order valence-corrected chi connectivity index (χ2v) is 6.88. The van der Waals surface area contributed by atoms with Crippen molar-refractivity contribution in [1.82, 2.24) is 15.5 Å². The lowest BCUT2D eigenvalue weighted by Crippen LogP contribution is -2.42. The van der Waals surface area contributed by atoms with Gasteiger partial charge in [-0.05, 0) is 53.4 Å². The highest BCUT2D eigenvalue weighted by Gasteiger charge is 2.10. The summed E-state index contributed by atoms with van der Waals surface area (Å²) in [6.45, 7) is 9.84. The van der Waals surface area contributed by atoms with Gasteiger partial charge in [0.2, 0.25) is 0 Å². The zero-order valence-electron chi connectivity index (χ0n) is 18.7. The van der Waals surface area contributed by atoms with E-state index in [0.717, 1.165) is 37.0 Å². The molecule has 2 N–H and O–H groups in total. The normalized spacial score (nSPS) is 13.4. The lowest BCUT2D eigenvalue weighted by atomic mass is 10.2. The van der Waals surface area contributed by atoms with E-state index < -0.39 is 0 Å². The number of methoxy groups -OCH3 is 1. The molecule has 29 heavy (non-hydrogen) atoms. The fraction of sp³-hybridized carbons (Fsp3) is 0.667. The second-order valence-electron chi connectivity index (χ2n) is 6.88. The van der Waals surface area contributed by atoms with Crippen LogP contribution in [0.15, 0.2) is 29.3 Å². The Morgan fingerprint density at radius 2 is 1.90 bits per heavy atom. The van der Waals surface area contributed by atoms with Gasteiger partial charge in [0.05, 0.1) is 26.3 Å². The van der Waals surface area contributed by atoms with E-state index in [1.165, 1.54) is 0 Å². The van der Waals surface area contributed by atoms with Crippen molar-refractivity contribution in [1.29, 1.82) is 0 Å². The van der Waals surface area contributed by atoms with E-state index in [1.54, 1.807) is 7.11 Å². The summed E-state index contributed by atoms with van der Waals surface area (Å²) < 4.78 is 17.0. The van der Waals surface area contributed by atoms with Crippen molar-refractivity contribution in [2.75, 3.05) is 54.0 Å². The van der Waals surface area contributed by atoms with Crippen molar-refractivity contribution in [2.45, 2.75) is 39.4 Å². The molecule has 2 atom stereocenters. The molecule has 0 spiro atoms. The molecule has 0 heterocycles. The maximum atomic E-state index is 5.96. The summed E-state index contributed by atoms with van der Waals surface area (Å²) in [7, 11) is 5.79. The van der Waals surface area contributed by atoms with Gasteiger partial charge in [0, 0.05) is 25.8 Å². The van der Waals surface area contributed by atoms with Crippen LogP contribution in [0.5, 0.6) is 11.5 Å². The third-order valence-corrected chi connectivity index (χ3v) is 4.03. The molecule has 2 unspecified atom stereocenters. The Bertz CT molecular complexity index is 573. The summed E-state index contributed by atoms with van der Waals surface area (Å²) in [5, 5.41) is 6.63. The van der Waals surface area contributed by atoms with E-state index in [-0.39, 0.29) is 36.2 Å². The molecule has 1 aromatic carbocycles. The van der Waals surface area contributed by atoms with Crippen LogP contribution in [0.4, 0.5) is 0 Å². The minimum absolute atomic E-state index is 0. The van der Waals surface area contributed by atoms with E-state index >= 15 is 0 Å². The van der Waals surface area contributed by atoms with Gasteiger partial charge in [-0.15, -0.1) is 24.0 Å². The van der Waals surface area contributed by atoms with Crippen molar-refractivity contribution in [3.05, 3.63) is 24.3 Å². The summed E-state index contributed by atoms with van der Waals surface area (Å²) in [5.41, 5.74) is 0. The lowest BCUT2D eigenvalue weighted by Gasteiger charge is -2.20. The average Bonchev–Trinajstić information content (AvgIpc) is 2.68. The molecule has 0 aliphatic rings. The first-order valence-corrected chi connectivity index (χ1v) is 10.1. The average molecular weight is 522 g/mol. The monoisotopic (exact) mass is 522 g/mol. The number of ether oxygens (including phenoxy) is 3. The molecule has 0 radical (unpaired) electrons. The van der Waals surface area contributed by atoms with Gasteiger partial charge < -0.3 is 29.7 Å². The predicted octanol–water partition coefficient (Wildman–Crippen LogP) is 2.99. The predicted molar refractivity (Wildman–Crippen MR) is 131 cm³/mol. The quantitative estimate of drug-likeness (QED) is 0.236. The van der Waals surface area contributed by atoms with Crippen LogP contribution in [-0.2, 0) is 4.74 Å². The molecule has 0 aromatic heterocycles. The molecule has 1 rings (SSSR count). The molecule has 0 saturated heterocycles. The van der Waals surface area contributed by atoms with E-state index in [4.69, 9.17) is 19.2 Å². The number of guanidine groups is 1. The topological polar surface area (TPSA) is 67.4 Å². The first-order chi connectivity index (χ1) is 13.5. The molecule has 7 nitrogen and oxygen atoms in total. The Morgan fingerprint density at radius 3 is 2.52 bits per heavy atom. The smallest absolute Gasteiger partial charge is 0.191 e. The van der Waals surface area contributed by atoms with Crippen molar-refractivity contribution in [3.63, 3.8) is 0 Å². The zero-order chi connectivity index (χ0) is 20.8. The van der Waals surface area contributed by atoms with Crippen LogP contribution >= 0.6 is 24.0 Å². The van der Waals surface area contributed by atoms with Crippen molar-refractivity contribution in [2.24, 2.45) is 4.99 Å². The number of nitrogens with zero attached hydrogens (tertiary/aromatic N) is 2. The fourth-order valence-corrected chi connectivity index (χ4v) is 2.59. The van der Waals surface area contributed by atoms with Crippen LogP contribution in [0.25, 0.3) is 0 Å². The van der Waals surface area contributed by atoms with Gasteiger partial charge in [-0.3, -0.25) is 4.99 Å². The zero-order valence-corrected chi connectivity index (χ0v) is 21.1. The second kappa shape index (κ2) is 16.5. The molecule has 0 aliphatic carbocycles. The van der Waals surface area contributed by atoms with Gasteiger partial charge in [-0.2, -0.15) is 0 Å². The molecule has 8 heteroatoms. The highest BCUT2D eigenvalue weighted by Crippen LogP contribution is 2.19. The van der Waals surface area contributed by atoms with Crippen LogP contribution in [0.3, 0.4) is 0 Å². The highest BCUT2D eigenvalue weighted by atomic mass is 127. The van der Waals surface area contributed by atoms with Crippen molar-refractivity contribution in [3.8, 4) is 11.5 Å². The fourth-order valence-electron chi connectivity index (χ4n) is 2.59. The minimum atomic E-state index is -0.0209. The van der Waals surface area contributed by atoms with Crippen LogP contribution < -0.4 is 20.1 Å². The maximum absolute atomic E-state index is 5.96. The molecule has 0 bridgehead atoms. The van der Waals surface area contributed by atoms with Crippen molar-refractivity contribution >= 4 is 29.9 Å². The van der Waals surface area contributed by atoms with Gasteiger partial charge in [0.15, 0.2) is 5.96 Å². The highest BCUT2D eigenvalue weighted by molar-refractivity contribution is 14.0. The van der Waals surface area contributed by atoms with Gasteiger partial charge in [-0.25, -0.2) is 0 Å². The van der Waals surface area contributed by atoms with E-state index in [2.05, 4.69) is 36.6 Å². The first-order valence-electron chi connectivity index (χ1n) is 10.1. The Balaban J connectivity index is 0.00000784. The van der Waals surface area contributed by atoms with Crippen molar-refractivity contribution < 1.29 is 14.2 Å². The molecule has 1 aromatic rings. The van der Waals surface area contributed by atoms with Crippen LogP contribution in [-0.4, -0.2) is 77.1 Å². The van der Waals surface area contributed by atoms with Crippen LogP contribution in [0, 0.1) is 0 Å². The summed E-state index contributed by atoms with van der Waals surface area (Å²) >= 11 is 0. The van der Waals surface area contributed by atoms with Crippen LogP contribution in [0.1, 0.15) is 27.2 Å². The minimum Gasteiger partial charge on any atom is -0.497 e. The number of hydrogen-bond donors (Lipinski definition) is 2. The Hall–Kier alpha value is -1.26. The molecule has 0 amide bonds. The Kier molecular flexibility index (Phi) is 15.8. The molecular formula is C21H39IN4O3. The molecule has 0 saturated carbocycles. The number of aliphatic imine (C=N–C) groups is 1. The number of halogens is 1. The number of hydrogen-bond acceptors (Lipinski definition) is 5. The molecule has 0 aliphatic heterocycles. The molecular weight excluding hydrogens is 483 g/mol. The first kappa shape index (κ1) is 27.7. The van der Waals surface area contributed by atoms with E-state index in [0.29, 0.717) is 19.7 Å². The van der Waals surface area contributed by atoms with Gasteiger partial charge in [0.25, 0.3) is 0 Å². The summed E-state index contributed by atoms with van der Waals surface area (Å²) in [5.74, 6) is 2.35. The summed E-state index contributed by atoms with van der Waals surface area (Å²) in [4.78, 5) is 6.86. The van der Waals surface area contributed by atoms with Gasteiger partial charge in [-0.1, -0.05) is 6.07 Å². The van der Waals surface area contributed by atoms with E-state index in [9.17, 15) is 0 Å². The van der Waals surface area contributed by atoms with Gasteiger partial charge >= 0.3 is 0 Å². The van der Waals surface area contributed by atoms with E-state index in [1.807, 2.05) is 38.1 Å². The Morgan fingerprint density at radius 1 is 1.17 bits per heavy atom. The molecule has 0 fully saturated rings. The summed E-state index contributed by atoms with van der Waals surface area (Å²) in [6, 6.07) is 7.63. The summed E-state index contributed by atoms with van der Waals surface area (Å²) in [6.07, 6.45) is 1.06. The number of rotatable bonds is 13. The third-order valence-electron chi connectivity index (χ3n) is 4.03. The maximum Gasteiger partial charge on any atom is 0.191 e. The SMILES string of the molecule is CCNC(=NCC(CCN(C)C)OCC)NCC(C)Oc1cccc(OC)c1.I. The largest absolute Gasteiger partial charge is 0.497 e. The van der Waals surface area contributed by atoms with Crippen LogP contribution in [0.2, 0.25) is 0 Å². The standard InChI is InChI=1S/C21H38N4O3.HI/c1-7-22-21(24-16-20(27-8-2)12-13-25(4)5)23-15-17(3)28-19-11-9-10-18(14-19)26-6;/h9-11,14,17,20H,7-8,12-13,15-16H2,1-6H3,(H2,22,23,24);1H. The molecule has 168 valence electrons. The number of nitrogens with one attached hydrogen (secondary N) is 2. The lowest BCUT2D eigenvalue weighted by molar-refractivity contribution is 0.0582. The third kappa shape index (κ3) is 12.8. The Labute approximate surface area is 193 Å².